The van der Waals surface area contributed by atoms with Gasteiger partial charge in [-0.15, -0.1) is 0 Å². The monoisotopic (exact) mass is 280 g/mol. The molecule has 2 heterocycles. The maximum Gasteiger partial charge on any atom is 0.275 e. The number of nitrogens with zero attached hydrogens (tertiary/aromatic N) is 1. The van der Waals surface area contributed by atoms with Crippen molar-refractivity contribution in [3.8, 4) is 11.3 Å². The lowest BCUT2D eigenvalue weighted by Gasteiger charge is -1.95. The van der Waals surface area contributed by atoms with Crippen LogP contribution in [0.3, 0.4) is 0 Å². The average Bonchev–Trinajstić information content (AvgIpc) is 2.77. The van der Waals surface area contributed by atoms with Crippen molar-refractivity contribution in [1.29, 1.82) is 0 Å². The Morgan fingerprint density at radius 2 is 2.06 bits per heavy atom. The van der Waals surface area contributed by atoms with Gasteiger partial charge in [0.2, 0.25) is 0 Å². The number of furan rings is 1. The van der Waals surface area contributed by atoms with E-state index >= 15 is 0 Å². The van der Waals surface area contributed by atoms with Gasteiger partial charge in [-0.05, 0) is 18.2 Å². The van der Waals surface area contributed by atoms with E-state index in [9.17, 15) is 4.79 Å². The largest absolute Gasteiger partial charge is 0.454 e. The smallest absolute Gasteiger partial charge is 0.275 e. The van der Waals surface area contributed by atoms with Gasteiger partial charge >= 0.3 is 0 Å². The normalized spacial score (nSPS) is 11.0. The topological polar surface area (TPSA) is 58.9 Å². The van der Waals surface area contributed by atoms with E-state index < -0.39 is 0 Å². The Morgan fingerprint density at radius 3 is 2.83 bits per heavy atom. The summed E-state index contributed by atoms with van der Waals surface area (Å²) in [5.74, 6) is 0.406. The number of H-pyrrole nitrogens is 1. The summed E-state index contributed by atoms with van der Waals surface area (Å²) < 4.78 is 5.58. The Hall–Kier alpha value is -1.78. The number of hydrogen-bond acceptors (Lipinski definition) is 3. The van der Waals surface area contributed by atoms with E-state index in [-0.39, 0.29) is 10.7 Å². The van der Waals surface area contributed by atoms with Crippen LogP contribution in [0, 0.1) is 0 Å². The SMILES string of the molecule is O=c1[nH]nc(Cl)cc1-c1cc2cccc(Cl)c2o1. The number of hydrogen-bond donors (Lipinski definition) is 1. The first-order valence-electron chi connectivity index (χ1n) is 5.09. The van der Waals surface area contributed by atoms with E-state index in [1.54, 1.807) is 12.1 Å². The highest BCUT2D eigenvalue weighted by Gasteiger charge is 2.12. The van der Waals surface area contributed by atoms with Crippen LogP contribution in [-0.4, -0.2) is 10.2 Å². The van der Waals surface area contributed by atoms with Gasteiger partial charge in [0, 0.05) is 5.39 Å². The molecule has 2 aromatic heterocycles. The van der Waals surface area contributed by atoms with Crippen molar-refractivity contribution in [2.45, 2.75) is 0 Å². The van der Waals surface area contributed by atoms with Gasteiger partial charge in [0.1, 0.15) is 10.9 Å². The number of halogens is 2. The molecule has 18 heavy (non-hydrogen) atoms. The fraction of sp³-hybridized carbons (Fsp3) is 0. The summed E-state index contributed by atoms with van der Waals surface area (Å²) in [4.78, 5) is 11.7. The van der Waals surface area contributed by atoms with Crippen LogP contribution in [0.1, 0.15) is 0 Å². The maximum absolute atomic E-state index is 11.7. The minimum atomic E-state index is -0.366. The third kappa shape index (κ3) is 1.79. The maximum atomic E-state index is 11.7. The van der Waals surface area contributed by atoms with Crippen LogP contribution in [0.4, 0.5) is 0 Å². The third-order valence-corrected chi connectivity index (χ3v) is 3.03. The third-order valence-electron chi connectivity index (χ3n) is 2.53. The molecule has 1 aromatic carbocycles. The standard InChI is InChI=1S/C12H6Cl2N2O2/c13-8-3-1-2-6-4-9(18-11(6)8)7-5-10(14)15-16-12(7)17/h1-5H,(H,16,17). The van der Waals surface area contributed by atoms with Gasteiger partial charge in [0.25, 0.3) is 5.56 Å². The number of nitrogens with one attached hydrogen (secondary N) is 1. The van der Waals surface area contributed by atoms with Gasteiger partial charge in [-0.2, -0.15) is 5.10 Å². The predicted molar refractivity (Wildman–Crippen MR) is 70.1 cm³/mol. The first kappa shape index (κ1) is 11.3. The summed E-state index contributed by atoms with van der Waals surface area (Å²) in [5.41, 5.74) is 0.498. The van der Waals surface area contributed by atoms with E-state index in [1.165, 1.54) is 6.07 Å². The summed E-state index contributed by atoms with van der Waals surface area (Å²) >= 11 is 11.8. The Balaban J connectivity index is 2.29. The molecule has 3 rings (SSSR count). The minimum absolute atomic E-state index is 0.191. The van der Waals surface area contributed by atoms with Crippen LogP contribution >= 0.6 is 23.2 Å². The van der Waals surface area contributed by atoms with E-state index in [0.717, 1.165) is 5.39 Å². The van der Waals surface area contributed by atoms with Crippen molar-refractivity contribution in [3.63, 3.8) is 0 Å². The summed E-state index contributed by atoms with van der Waals surface area (Å²) in [7, 11) is 0. The van der Waals surface area contributed by atoms with Gasteiger partial charge in [-0.1, -0.05) is 35.3 Å². The fourth-order valence-corrected chi connectivity index (χ4v) is 2.10. The molecule has 0 atom stereocenters. The van der Waals surface area contributed by atoms with Crippen molar-refractivity contribution >= 4 is 34.2 Å². The lowest BCUT2D eigenvalue weighted by Crippen LogP contribution is -2.09. The number of aromatic nitrogens is 2. The molecule has 0 saturated carbocycles. The Labute approximate surface area is 111 Å². The van der Waals surface area contributed by atoms with Crippen molar-refractivity contribution in [1.82, 2.24) is 10.2 Å². The zero-order valence-electron chi connectivity index (χ0n) is 8.91. The van der Waals surface area contributed by atoms with Gasteiger partial charge in [0.05, 0.1) is 10.6 Å². The molecular weight excluding hydrogens is 275 g/mol. The Bertz CT molecular complexity index is 792. The first-order chi connectivity index (χ1) is 8.65. The molecule has 0 aliphatic carbocycles. The van der Waals surface area contributed by atoms with Crippen molar-refractivity contribution in [2.75, 3.05) is 0 Å². The summed E-state index contributed by atoms with van der Waals surface area (Å²) in [5, 5.41) is 7.40. The van der Waals surface area contributed by atoms with Crippen LogP contribution in [-0.2, 0) is 0 Å². The molecule has 4 nitrogen and oxygen atoms in total. The van der Waals surface area contributed by atoms with E-state index in [0.29, 0.717) is 21.9 Å². The zero-order valence-corrected chi connectivity index (χ0v) is 10.4. The molecule has 0 aliphatic heterocycles. The van der Waals surface area contributed by atoms with Gasteiger partial charge in [-0.25, -0.2) is 5.10 Å². The molecule has 0 bridgehead atoms. The number of rotatable bonds is 1. The van der Waals surface area contributed by atoms with Crippen molar-refractivity contribution in [3.05, 3.63) is 50.9 Å². The molecule has 0 radical (unpaired) electrons. The second-order valence-electron chi connectivity index (χ2n) is 3.70. The van der Waals surface area contributed by atoms with Crippen molar-refractivity contribution in [2.24, 2.45) is 0 Å². The second kappa shape index (κ2) is 4.15. The van der Waals surface area contributed by atoms with E-state index in [1.807, 2.05) is 12.1 Å². The lowest BCUT2D eigenvalue weighted by atomic mass is 10.2. The quantitative estimate of drug-likeness (QED) is 0.742. The highest BCUT2D eigenvalue weighted by atomic mass is 35.5. The number of benzene rings is 1. The van der Waals surface area contributed by atoms with Crippen LogP contribution in [0.2, 0.25) is 10.2 Å². The minimum Gasteiger partial charge on any atom is -0.454 e. The number of aromatic amines is 1. The molecule has 1 N–H and O–H groups in total. The van der Waals surface area contributed by atoms with Crippen LogP contribution < -0.4 is 5.56 Å². The zero-order chi connectivity index (χ0) is 12.7. The molecule has 0 unspecified atom stereocenters. The fourth-order valence-electron chi connectivity index (χ4n) is 1.72. The second-order valence-corrected chi connectivity index (χ2v) is 4.50. The predicted octanol–water partition coefficient (Wildman–Crippen LogP) is 3.49. The molecular formula is C12H6Cl2N2O2. The molecule has 0 saturated heterocycles. The highest BCUT2D eigenvalue weighted by Crippen LogP contribution is 2.30. The van der Waals surface area contributed by atoms with Gasteiger partial charge < -0.3 is 4.42 Å². The molecule has 6 heteroatoms. The summed E-state index contributed by atoms with van der Waals surface area (Å²) in [6, 6.07) is 8.58. The Kier molecular flexibility index (Phi) is 2.61. The first-order valence-corrected chi connectivity index (χ1v) is 5.84. The number of fused-ring (bicyclic) bond motifs is 1. The van der Waals surface area contributed by atoms with Crippen LogP contribution in [0.5, 0.6) is 0 Å². The molecule has 0 amide bonds. The number of para-hydroxylation sites is 1. The van der Waals surface area contributed by atoms with E-state index in [2.05, 4.69) is 10.2 Å². The molecule has 90 valence electrons. The summed E-state index contributed by atoms with van der Waals surface area (Å²) in [6.45, 7) is 0. The lowest BCUT2D eigenvalue weighted by molar-refractivity contribution is 0.630. The molecule has 3 aromatic rings. The molecule has 0 spiro atoms. The van der Waals surface area contributed by atoms with E-state index in [4.69, 9.17) is 27.6 Å². The van der Waals surface area contributed by atoms with Gasteiger partial charge in [0.15, 0.2) is 5.58 Å². The molecule has 0 fully saturated rings. The highest BCUT2D eigenvalue weighted by molar-refractivity contribution is 6.34. The average molecular weight is 281 g/mol. The Morgan fingerprint density at radius 1 is 1.22 bits per heavy atom. The van der Waals surface area contributed by atoms with Crippen molar-refractivity contribution < 1.29 is 4.42 Å². The molecule has 0 aliphatic rings. The van der Waals surface area contributed by atoms with Crippen LogP contribution in [0.25, 0.3) is 22.3 Å². The van der Waals surface area contributed by atoms with Crippen LogP contribution in [0.15, 0.2) is 39.5 Å². The summed E-state index contributed by atoms with van der Waals surface area (Å²) in [6.07, 6.45) is 0. The van der Waals surface area contributed by atoms with Gasteiger partial charge in [-0.3, -0.25) is 4.79 Å².